The minimum Gasteiger partial charge on any atom is -0.459 e. The van der Waals surface area contributed by atoms with Gasteiger partial charge in [-0.3, -0.25) is 19.7 Å². The van der Waals surface area contributed by atoms with Crippen LogP contribution in [-0.2, 0) is 21.0 Å². The molecule has 6 atom stereocenters. The van der Waals surface area contributed by atoms with Crippen LogP contribution in [-0.4, -0.2) is 76.6 Å². The van der Waals surface area contributed by atoms with E-state index in [-0.39, 0.29) is 62.2 Å². The Hall–Kier alpha value is -5.37. The summed E-state index contributed by atoms with van der Waals surface area (Å²) in [6, 6.07) is 18.3. The highest BCUT2D eigenvalue weighted by atomic mass is 16.7. The van der Waals surface area contributed by atoms with Crippen LogP contribution in [0.4, 0.5) is 5.69 Å². The zero-order valence-electron chi connectivity index (χ0n) is 36.3. The van der Waals surface area contributed by atoms with E-state index in [2.05, 4.69) is 12.7 Å². The van der Waals surface area contributed by atoms with Crippen molar-refractivity contribution < 1.29 is 43.8 Å². The van der Waals surface area contributed by atoms with E-state index in [9.17, 15) is 29.9 Å². The number of benzene rings is 3. The lowest BCUT2D eigenvalue weighted by atomic mass is 9.55. The summed E-state index contributed by atoms with van der Waals surface area (Å²) in [7, 11) is 1.84. The second kappa shape index (κ2) is 21.3. The van der Waals surface area contributed by atoms with Crippen LogP contribution in [0.2, 0.25) is 0 Å². The molecule has 2 saturated carbocycles. The largest absolute Gasteiger partial charge is 0.459 e. The molecule has 0 spiro atoms. The Kier molecular flexibility index (Phi) is 15.5. The van der Waals surface area contributed by atoms with Crippen molar-refractivity contribution in [3.05, 3.63) is 118 Å². The third-order valence-corrected chi connectivity index (χ3v) is 13.5. The van der Waals surface area contributed by atoms with Gasteiger partial charge >= 0.3 is 0 Å². The fourth-order valence-corrected chi connectivity index (χ4v) is 10.5. The van der Waals surface area contributed by atoms with Crippen LogP contribution in [0, 0.1) is 33.8 Å². The molecule has 336 valence electrons. The molecule has 3 aromatic rings. The molecule has 3 aliphatic carbocycles. The SMILES string of the molecule is C=CCOC12Oc3ccc(Oc4cccc(C=O)c4)cc3C3C(CCCCO)C(CCCCO)C=C(C(=NOCc4ccc([N+](=O)[O-])cc4)CC1N(C)C(=O)CCC1CCCC1)C32. The monoisotopic (exact) mass is 863 g/mol. The summed E-state index contributed by atoms with van der Waals surface area (Å²) in [5.74, 6) is 0.165. The first-order chi connectivity index (χ1) is 30.7. The predicted octanol–water partition coefficient (Wildman–Crippen LogP) is 9.46. The fourth-order valence-electron chi connectivity index (χ4n) is 10.5. The topological polar surface area (TPSA) is 170 Å². The molecule has 13 heteroatoms. The van der Waals surface area contributed by atoms with Crippen molar-refractivity contribution in [1.82, 2.24) is 4.90 Å². The summed E-state index contributed by atoms with van der Waals surface area (Å²) < 4.78 is 20.7. The molecule has 0 aromatic heterocycles. The number of rotatable bonds is 22. The molecule has 0 radical (unpaired) electrons. The number of fused-ring (bicyclic) bond motifs is 2. The zero-order valence-corrected chi connectivity index (χ0v) is 36.3. The number of aldehydes is 1. The van der Waals surface area contributed by atoms with Gasteiger partial charge in [-0.1, -0.05) is 68.0 Å². The Bertz CT molecular complexity index is 2130. The van der Waals surface area contributed by atoms with E-state index in [1.54, 1.807) is 47.4 Å². The summed E-state index contributed by atoms with van der Waals surface area (Å²) in [6.45, 7) is 4.39. The Labute approximate surface area is 369 Å². The number of nitro benzene ring substituents is 1. The number of ether oxygens (including phenoxy) is 3. The number of oxime groups is 1. The third kappa shape index (κ3) is 10.4. The summed E-state index contributed by atoms with van der Waals surface area (Å²) in [4.78, 5) is 44.9. The maximum absolute atomic E-state index is 14.4. The van der Waals surface area contributed by atoms with E-state index in [0.717, 1.165) is 62.4 Å². The number of unbranched alkanes of at least 4 members (excludes halogenated alkanes) is 2. The highest BCUT2D eigenvalue weighted by molar-refractivity contribution is 6.03. The zero-order chi connectivity index (χ0) is 44.3. The Morgan fingerprint density at radius 1 is 1.00 bits per heavy atom. The van der Waals surface area contributed by atoms with Crippen LogP contribution in [0.3, 0.4) is 0 Å². The second-order valence-corrected chi connectivity index (χ2v) is 17.5. The second-order valence-electron chi connectivity index (χ2n) is 17.5. The maximum atomic E-state index is 14.4. The first-order valence-electron chi connectivity index (χ1n) is 22.6. The van der Waals surface area contributed by atoms with Crippen molar-refractivity contribution >= 4 is 23.6 Å². The van der Waals surface area contributed by atoms with Crippen LogP contribution >= 0.6 is 0 Å². The van der Waals surface area contributed by atoms with Gasteiger partial charge in [-0.25, -0.2) is 0 Å². The highest BCUT2D eigenvalue weighted by Gasteiger charge is 2.65. The van der Waals surface area contributed by atoms with Gasteiger partial charge in [-0.05, 0) is 103 Å². The van der Waals surface area contributed by atoms with E-state index >= 15 is 0 Å². The number of hydrogen-bond donors (Lipinski definition) is 2. The Morgan fingerprint density at radius 2 is 1.75 bits per heavy atom. The van der Waals surface area contributed by atoms with Crippen molar-refractivity contribution in [3.8, 4) is 17.2 Å². The molecule has 0 bridgehead atoms. The van der Waals surface area contributed by atoms with E-state index in [4.69, 9.17) is 24.2 Å². The van der Waals surface area contributed by atoms with Crippen molar-refractivity contribution in [2.45, 2.75) is 108 Å². The number of likely N-dealkylation sites (N-methyl/N-ethyl adjacent to an activating group) is 1. The molecule has 4 aliphatic rings. The van der Waals surface area contributed by atoms with Gasteiger partial charge in [0, 0.05) is 62.3 Å². The number of carbonyl (C=O) groups excluding carboxylic acids is 2. The van der Waals surface area contributed by atoms with Gasteiger partial charge in [0.15, 0.2) is 0 Å². The molecule has 1 aliphatic heterocycles. The normalized spacial score (nSPS) is 24.4. The summed E-state index contributed by atoms with van der Waals surface area (Å²) in [5.41, 5.74) is 3.66. The predicted molar refractivity (Wildman–Crippen MR) is 239 cm³/mol. The molecule has 2 N–H and O–H groups in total. The average Bonchev–Trinajstić information content (AvgIpc) is 3.83. The minimum atomic E-state index is -1.38. The smallest absolute Gasteiger partial charge is 0.269 e. The quantitative estimate of drug-likeness (QED) is 0.0326. The number of amides is 1. The fraction of sp³-hybridized carbons (Fsp3) is 0.500. The Balaban J connectivity index is 1.37. The molecular formula is C50H61N3O10. The summed E-state index contributed by atoms with van der Waals surface area (Å²) >= 11 is 0. The lowest BCUT2D eigenvalue weighted by molar-refractivity contribution is -0.384. The number of aliphatic hydroxyl groups excluding tert-OH is 2. The van der Waals surface area contributed by atoms with E-state index in [1.165, 1.54) is 25.0 Å². The van der Waals surface area contributed by atoms with Crippen LogP contribution in [0.15, 0.2) is 96.2 Å². The van der Waals surface area contributed by atoms with Crippen molar-refractivity contribution in [2.24, 2.45) is 28.8 Å². The van der Waals surface area contributed by atoms with Gasteiger partial charge in [-0.2, -0.15) is 0 Å². The molecule has 6 unspecified atom stereocenters. The number of hydrogen-bond acceptors (Lipinski definition) is 11. The van der Waals surface area contributed by atoms with Gasteiger partial charge in [0.05, 0.1) is 23.2 Å². The third-order valence-electron chi connectivity index (χ3n) is 13.5. The Morgan fingerprint density at radius 3 is 2.46 bits per heavy atom. The molecule has 63 heavy (non-hydrogen) atoms. The van der Waals surface area contributed by atoms with Crippen molar-refractivity contribution in [3.63, 3.8) is 0 Å². The summed E-state index contributed by atoms with van der Waals surface area (Å²) in [6.07, 6.45) is 15.3. The first kappa shape index (κ1) is 45.6. The molecule has 13 nitrogen and oxygen atoms in total. The van der Waals surface area contributed by atoms with E-state index in [0.29, 0.717) is 59.3 Å². The highest BCUT2D eigenvalue weighted by Crippen LogP contribution is 2.62. The molecule has 1 amide bonds. The number of allylic oxidation sites excluding steroid dienone is 1. The number of non-ortho nitro benzene ring substituents is 1. The van der Waals surface area contributed by atoms with Gasteiger partial charge in [-0.15, -0.1) is 6.58 Å². The van der Waals surface area contributed by atoms with Gasteiger partial charge in [0.1, 0.15) is 36.2 Å². The van der Waals surface area contributed by atoms with Crippen LogP contribution in [0.1, 0.15) is 111 Å². The molecule has 7 rings (SSSR count). The number of carbonyl (C=O) groups is 2. The molecule has 3 aromatic carbocycles. The van der Waals surface area contributed by atoms with Crippen LogP contribution in [0.5, 0.6) is 17.2 Å². The molecular weight excluding hydrogens is 803 g/mol. The minimum absolute atomic E-state index is 0.00325. The number of nitro groups is 1. The molecule has 1 heterocycles. The maximum Gasteiger partial charge on any atom is 0.269 e. The molecule has 0 saturated heterocycles. The standard InChI is InChI=1S/C50H61N3O10/c1-3-27-60-50-46(52(2)47(57)24-19-34-11-4-5-12-34)31-44(51-61-33-35-17-20-38(21-18-35)53(58)59)42-29-37(14-6-8-25-54)41(16-7-9-26-55)48(49(42)50)43-30-40(22-23-45(43)63-50)62-39-15-10-13-36(28-39)32-56/h3,10,13,15,17-18,20-23,28-30,32,34,37,41,46,48-49,54-55H,1,4-9,11-12,14,16,19,24-27,31,33H2,2H3. The average molecular weight is 864 g/mol. The number of nitrogens with zero attached hydrogens (tertiary/aromatic N) is 3. The van der Waals surface area contributed by atoms with Gasteiger partial charge in [0.25, 0.3) is 5.69 Å². The first-order valence-corrected chi connectivity index (χ1v) is 22.6. The van der Waals surface area contributed by atoms with E-state index in [1.807, 2.05) is 25.2 Å². The lowest BCUT2D eigenvalue weighted by Crippen LogP contribution is -2.69. The molecule has 2 fully saturated rings. The van der Waals surface area contributed by atoms with Crippen LogP contribution in [0.25, 0.3) is 0 Å². The van der Waals surface area contributed by atoms with Gasteiger partial charge < -0.3 is 34.2 Å². The number of aliphatic hydroxyl groups is 2. The van der Waals surface area contributed by atoms with Crippen molar-refractivity contribution in [2.75, 3.05) is 26.9 Å². The van der Waals surface area contributed by atoms with Crippen molar-refractivity contribution in [1.29, 1.82) is 0 Å². The van der Waals surface area contributed by atoms with Crippen LogP contribution < -0.4 is 9.47 Å². The summed E-state index contributed by atoms with van der Waals surface area (Å²) in [5, 5.41) is 36.1. The van der Waals surface area contributed by atoms with Gasteiger partial charge in [0.2, 0.25) is 11.7 Å². The van der Waals surface area contributed by atoms with E-state index < -0.39 is 22.7 Å². The lowest BCUT2D eigenvalue weighted by Gasteiger charge is -2.59.